The van der Waals surface area contributed by atoms with Crippen LogP contribution in [0.1, 0.15) is 57.6 Å². The molecule has 37 heavy (non-hydrogen) atoms. The second-order valence-corrected chi connectivity index (χ2v) is 10.5. The third-order valence-electron chi connectivity index (χ3n) is 7.32. The van der Waals surface area contributed by atoms with Crippen molar-refractivity contribution in [3.05, 3.63) is 35.8 Å². The Kier molecular flexibility index (Phi) is 8.25. The molecule has 0 radical (unpaired) electrons. The second kappa shape index (κ2) is 11.4. The Bertz CT molecular complexity index is 1150. The summed E-state index contributed by atoms with van der Waals surface area (Å²) >= 11 is 0. The van der Waals surface area contributed by atoms with Crippen molar-refractivity contribution in [3.8, 4) is 6.07 Å². The quantitative estimate of drug-likeness (QED) is 0.652. The molecule has 2 aliphatic heterocycles. The summed E-state index contributed by atoms with van der Waals surface area (Å²) in [6.07, 6.45) is 8.49. The van der Waals surface area contributed by atoms with Gasteiger partial charge in [0.15, 0.2) is 0 Å². The maximum Gasteiger partial charge on any atom is 0.245 e. The molecule has 2 aliphatic rings. The van der Waals surface area contributed by atoms with Gasteiger partial charge in [0.25, 0.3) is 0 Å². The third-order valence-corrected chi connectivity index (χ3v) is 7.32. The van der Waals surface area contributed by atoms with Gasteiger partial charge in [0.1, 0.15) is 29.3 Å². The zero-order chi connectivity index (χ0) is 26.6. The van der Waals surface area contributed by atoms with Gasteiger partial charge in [-0.05, 0) is 52.2 Å². The first-order valence-corrected chi connectivity index (χ1v) is 13.1. The largest absolute Gasteiger partial charge is 0.382 e. The van der Waals surface area contributed by atoms with Gasteiger partial charge < -0.3 is 25.2 Å². The van der Waals surface area contributed by atoms with E-state index in [0.717, 1.165) is 61.7 Å². The number of carbonyl (C=O) groups is 1. The maximum atomic E-state index is 13.3. The number of fused-ring (bicyclic) bond motifs is 1. The summed E-state index contributed by atoms with van der Waals surface area (Å²) in [6, 6.07) is 5.75. The van der Waals surface area contributed by atoms with Gasteiger partial charge in [0.2, 0.25) is 5.91 Å². The average molecular weight is 507 g/mol. The molecule has 4 heterocycles. The Morgan fingerprint density at radius 1 is 1.16 bits per heavy atom. The minimum absolute atomic E-state index is 0.0404. The van der Waals surface area contributed by atoms with Crippen LogP contribution in [0.25, 0.3) is 0 Å². The highest BCUT2D eigenvalue weighted by Gasteiger charge is 2.40. The molecule has 0 spiro atoms. The number of pyridine rings is 1. The van der Waals surface area contributed by atoms with Crippen LogP contribution >= 0.6 is 0 Å². The number of piperazine rings is 1. The predicted octanol–water partition coefficient (Wildman–Crippen LogP) is 2.79. The molecule has 0 aromatic carbocycles. The Labute approximate surface area is 219 Å². The highest BCUT2D eigenvalue weighted by atomic mass is 16.5. The van der Waals surface area contributed by atoms with E-state index in [2.05, 4.69) is 34.7 Å². The molecular weight excluding hydrogens is 468 g/mol. The van der Waals surface area contributed by atoms with Gasteiger partial charge in [-0.1, -0.05) is 12.8 Å². The highest BCUT2D eigenvalue weighted by molar-refractivity contribution is 5.86. The lowest BCUT2D eigenvalue weighted by molar-refractivity contribution is -0.141. The molecule has 2 N–H and O–H groups in total. The lowest BCUT2D eigenvalue weighted by atomic mass is 9.98. The molecule has 10 nitrogen and oxygen atoms in total. The van der Waals surface area contributed by atoms with Gasteiger partial charge in [-0.15, -0.1) is 0 Å². The summed E-state index contributed by atoms with van der Waals surface area (Å²) in [5.74, 6) is 2.39. The molecule has 1 saturated heterocycles. The molecule has 2 aromatic rings. The number of ether oxygens (including phenoxy) is 1. The van der Waals surface area contributed by atoms with Crippen molar-refractivity contribution in [1.82, 2.24) is 19.9 Å². The highest BCUT2D eigenvalue weighted by Crippen LogP contribution is 2.35. The van der Waals surface area contributed by atoms with E-state index in [1.54, 1.807) is 32.6 Å². The normalized spacial score (nSPS) is 22.2. The Morgan fingerprint density at radius 2 is 1.92 bits per heavy atom. The summed E-state index contributed by atoms with van der Waals surface area (Å²) in [4.78, 5) is 33.7. The Balaban J connectivity index is 1.68. The van der Waals surface area contributed by atoms with Crippen molar-refractivity contribution < 1.29 is 9.53 Å². The fourth-order valence-electron chi connectivity index (χ4n) is 5.38. The lowest BCUT2D eigenvalue weighted by Gasteiger charge is -2.47. The van der Waals surface area contributed by atoms with E-state index in [4.69, 9.17) is 20.4 Å². The smallest absolute Gasteiger partial charge is 0.245 e. The summed E-state index contributed by atoms with van der Waals surface area (Å²) in [6.45, 7) is 8.03. The minimum atomic E-state index is -1.07. The van der Waals surface area contributed by atoms with Gasteiger partial charge in [0, 0.05) is 50.6 Å². The van der Waals surface area contributed by atoms with Crippen molar-refractivity contribution in [2.45, 2.75) is 70.5 Å². The number of rotatable bonds is 5. The maximum absolute atomic E-state index is 13.3. The van der Waals surface area contributed by atoms with Gasteiger partial charge >= 0.3 is 0 Å². The number of carbonyl (C=O) groups excluding carboxylic acids is 1. The van der Waals surface area contributed by atoms with Crippen molar-refractivity contribution in [2.24, 2.45) is 5.73 Å². The van der Waals surface area contributed by atoms with Gasteiger partial charge in [-0.2, -0.15) is 5.26 Å². The predicted molar refractivity (Wildman–Crippen MR) is 143 cm³/mol. The van der Waals surface area contributed by atoms with Crippen LogP contribution < -0.4 is 15.5 Å². The van der Waals surface area contributed by atoms with E-state index >= 15 is 0 Å². The molecule has 1 amide bonds. The molecule has 1 fully saturated rings. The molecule has 0 bridgehead atoms. The number of nitriles is 1. The number of methoxy groups -OCH3 is 1. The van der Waals surface area contributed by atoms with Crippen LogP contribution in [-0.2, 0) is 16.0 Å². The molecule has 3 atom stereocenters. The fourth-order valence-corrected chi connectivity index (χ4v) is 5.38. The van der Waals surface area contributed by atoms with Crippen LogP contribution in [0.2, 0.25) is 0 Å². The Hall–Kier alpha value is -3.29. The number of nitrogens with two attached hydrogens (primary N) is 1. The minimum Gasteiger partial charge on any atom is -0.382 e. The number of nitrogens with zero attached hydrogens (tertiary/aromatic N) is 7. The second-order valence-electron chi connectivity index (χ2n) is 10.5. The van der Waals surface area contributed by atoms with Crippen LogP contribution in [0.15, 0.2) is 24.7 Å². The van der Waals surface area contributed by atoms with Crippen LogP contribution in [0.5, 0.6) is 0 Å². The van der Waals surface area contributed by atoms with Crippen molar-refractivity contribution >= 4 is 23.4 Å². The zero-order valence-electron chi connectivity index (χ0n) is 22.4. The van der Waals surface area contributed by atoms with Crippen molar-refractivity contribution in [1.29, 1.82) is 5.26 Å². The average Bonchev–Trinajstić information content (AvgIpc) is 2.99. The van der Waals surface area contributed by atoms with Crippen molar-refractivity contribution in [2.75, 3.05) is 43.2 Å². The molecule has 0 aliphatic carbocycles. The molecule has 2 aromatic heterocycles. The summed E-state index contributed by atoms with van der Waals surface area (Å²) in [5.41, 5.74) is 6.90. The SMILES string of the molecule is COC[C@](C)(N)C(=O)N1C[C@H](C)N(c2ncnc3c2CCCCCCN3c2cc(C#N)ccn2)C[C@H]1C. The van der Waals surface area contributed by atoms with E-state index in [-0.39, 0.29) is 24.6 Å². The molecule has 0 saturated carbocycles. The monoisotopic (exact) mass is 506 g/mol. The standard InChI is InChI=1S/C27H38N8O2/c1-19-16-35(26(36)27(3,29)17-37-4)20(2)15-34(19)25-22-9-7-5-6-8-12-33(24(22)31-18-32-25)23-13-21(14-28)10-11-30-23/h10-11,13,18-20H,5-9,12,15-17,29H2,1-4H3/t19-,20+,27-/m0/s1. The topological polar surface area (TPSA) is 124 Å². The van der Waals surface area contributed by atoms with Gasteiger partial charge in [-0.25, -0.2) is 15.0 Å². The number of hydrogen-bond donors (Lipinski definition) is 1. The number of hydrogen-bond acceptors (Lipinski definition) is 9. The summed E-state index contributed by atoms with van der Waals surface area (Å²) < 4.78 is 5.20. The van der Waals surface area contributed by atoms with Gasteiger partial charge in [0.05, 0.1) is 18.2 Å². The molecule has 0 unspecified atom stereocenters. The molecule has 198 valence electrons. The van der Waals surface area contributed by atoms with Crippen LogP contribution in [0, 0.1) is 11.3 Å². The Morgan fingerprint density at radius 3 is 2.68 bits per heavy atom. The van der Waals surface area contributed by atoms with E-state index in [0.29, 0.717) is 18.7 Å². The first-order chi connectivity index (χ1) is 17.8. The van der Waals surface area contributed by atoms with E-state index in [9.17, 15) is 10.1 Å². The lowest BCUT2D eigenvalue weighted by Crippen LogP contribution is -2.65. The summed E-state index contributed by atoms with van der Waals surface area (Å²) in [7, 11) is 1.56. The van der Waals surface area contributed by atoms with Crippen LogP contribution in [0.4, 0.5) is 17.5 Å². The number of amides is 1. The molecule has 4 rings (SSSR count). The van der Waals surface area contributed by atoms with Crippen LogP contribution in [0.3, 0.4) is 0 Å². The van der Waals surface area contributed by atoms with E-state index < -0.39 is 5.54 Å². The van der Waals surface area contributed by atoms with Crippen LogP contribution in [-0.4, -0.2) is 76.7 Å². The van der Waals surface area contributed by atoms with E-state index in [1.165, 1.54) is 0 Å². The molecular formula is C27H38N8O2. The molecule has 10 heteroatoms. The first-order valence-electron chi connectivity index (χ1n) is 13.1. The van der Waals surface area contributed by atoms with Crippen molar-refractivity contribution in [3.63, 3.8) is 0 Å². The fraction of sp³-hybridized carbons (Fsp3) is 0.593. The van der Waals surface area contributed by atoms with E-state index in [1.807, 2.05) is 11.0 Å². The number of anilines is 3. The summed E-state index contributed by atoms with van der Waals surface area (Å²) in [5, 5.41) is 9.44. The first kappa shape index (κ1) is 26.8. The van der Waals surface area contributed by atoms with Gasteiger partial charge in [-0.3, -0.25) is 4.79 Å². The number of aromatic nitrogens is 3. The zero-order valence-corrected chi connectivity index (χ0v) is 22.4. The third kappa shape index (κ3) is 5.68.